The van der Waals surface area contributed by atoms with Crippen molar-refractivity contribution in [2.75, 3.05) is 5.75 Å². The van der Waals surface area contributed by atoms with Crippen molar-refractivity contribution >= 4 is 35.6 Å². The average molecular weight is 656 g/mol. The first-order chi connectivity index (χ1) is 22.5. The number of amides is 3. The lowest BCUT2D eigenvalue weighted by Gasteiger charge is -2.49. The van der Waals surface area contributed by atoms with Crippen molar-refractivity contribution in [1.29, 1.82) is 0 Å². The van der Waals surface area contributed by atoms with Crippen LogP contribution in [0.2, 0.25) is 0 Å². The van der Waals surface area contributed by atoms with Gasteiger partial charge in [0.05, 0.1) is 0 Å². The number of ether oxygens (including phenoxy) is 2. The maximum Gasteiger partial charge on any atom is 0.408 e. The number of nitrogens with zero attached hydrogens (tertiary/aromatic N) is 1. The molecule has 244 valence electrons. The summed E-state index contributed by atoms with van der Waals surface area (Å²) in [5, 5.41) is 14.5. The molecule has 5 rings (SSSR count). The second-order valence-corrected chi connectivity index (χ2v) is 13.2. The van der Waals surface area contributed by atoms with Gasteiger partial charge in [-0.15, -0.1) is 11.8 Å². The highest BCUT2D eigenvalue weighted by atomic mass is 32.2. The molecule has 1 fully saturated rings. The van der Waals surface area contributed by atoms with E-state index in [0.29, 0.717) is 16.9 Å². The minimum Gasteiger partial charge on any atom is -0.508 e. The lowest BCUT2D eigenvalue weighted by atomic mass is 9.99. The summed E-state index contributed by atoms with van der Waals surface area (Å²) < 4.78 is 11.5. The first-order valence-corrected chi connectivity index (χ1v) is 16.2. The number of carbonyl (C=O) groups is 4. The highest BCUT2D eigenvalue weighted by molar-refractivity contribution is 8.00. The van der Waals surface area contributed by atoms with Crippen molar-refractivity contribution in [3.05, 3.63) is 125 Å². The molecule has 0 bridgehead atoms. The van der Waals surface area contributed by atoms with E-state index < -0.39 is 53.0 Å². The molecule has 3 N–H and O–H groups in total. The molecular formula is C36H37N3O7S. The minimum absolute atomic E-state index is 0.0153. The smallest absolute Gasteiger partial charge is 0.408 e. The molecule has 11 heteroatoms. The number of carbonyl (C=O) groups excluding carboxylic acids is 4. The summed E-state index contributed by atoms with van der Waals surface area (Å²) in [7, 11) is 0. The molecule has 47 heavy (non-hydrogen) atoms. The van der Waals surface area contributed by atoms with Crippen LogP contribution in [0, 0.1) is 0 Å². The number of rotatable bonds is 9. The quantitative estimate of drug-likeness (QED) is 0.203. The van der Waals surface area contributed by atoms with Crippen molar-refractivity contribution in [2.24, 2.45) is 0 Å². The zero-order valence-corrected chi connectivity index (χ0v) is 27.3. The van der Waals surface area contributed by atoms with E-state index in [4.69, 9.17) is 9.47 Å². The van der Waals surface area contributed by atoms with Crippen molar-refractivity contribution in [2.45, 2.75) is 56.9 Å². The Kier molecular flexibility index (Phi) is 10.0. The fourth-order valence-electron chi connectivity index (χ4n) is 5.34. The van der Waals surface area contributed by atoms with Gasteiger partial charge in [0.15, 0.2) is 6.10 Å². The van der Waals surface area contributed by atoms with Crippen molar-refractivity contribution in [3.63, 3.8) is 0 Å². The number of allylic oxidation sites excluding steroid dienone is 2. The molecule has 2 aliphatic rings. The van der Waals surface area contributed by atoms with Gasteiger partial charge in [0.2, 0.25) is 5.91 Å². The van der Waals surface area contributed by atoms with Gasteiger partial charge in [-0.05, 0) is 62.1 Å². The van der Waals surface area contributed by atoms with Crippen LogP contribution in [0.5, 0.6) is 5.75 Å². The number of fused-ring (bicyclic) bond motifs is 1. The molecule has 0 saturated carbocycles. The van der Waals surface area contributed by atoms with Gasteiger partial charge in [0.1, 0.15) is 34.5 Å². The van der Waals surface area contributed by atoms with E-state index in [2.05, 4.69) is 10.6 Å². The SMILES string of the molecule is C/C=C\C1=C(C(=O)OC(c2ccccc2)c2ccccc2)N2C(=O)C(NC(=O)[C@H](NC(=O)OC(C)(C)C)c3ccc(O)cc3)[C@H]2SC1. The van der Waals surface area contributed by atoms with E-state index in [-0.39, 0.29) is 11.4 Å². The van der Waals surface area contributed by atoms with Gasteiger partial charge in [-0.1, -0.05) is 84.9 Å². The summed E-state index contributed by atoms with van der Waals surface area (Å²) in [6, 6.07) is 22.3. The van der Waals surface area contributed by atoms with Crippen LogP contribution < -0.4 is 10.6 Å². The molecule has 10 nitrogen and oxygen atoms in total. The Morgan fingerprint density at radius 2 is 1.53 bits per heavy atom. The molecule has 3 aromatic carbocycles. The van der Waals surface area contributed by atoms with Crippen LogP contribution in [0.3, 0.4) is 0 Å². The highest BCUT2D eigenvalue weighted by Gasteiger charge is 2.55. The summed E-state index contributed by atoms with van der Waals surface area (Å²) in [4.78, 5) is 55.4. The first kappa shape index (κ1) is 33.3. The number of phenols is 1. The Balaban J connectivity index is 1.38. The fourth-order valence-corrected chi connectivity index (χ4v) is 6.66. The molecule has 2 aliphatic heterocycles. The summed E-state index contributed by atoms with van der Waals surface area (Å²) in [5.41, 5.74) is 1.87. The summed E-state index contributed by atoms with van der Waals surface area (Å²) >= 11 is 1.41. The van der Waals surface area contributed by atoms with Crippen LogP contribution in [0.25, 0.3) is 0 Å². The lowest BCUT2D eigenvalue weighted by Crippen LogP contribution is -2.71. The Morgan fingerprint density at radius 3 is 2.09 bits per heavy atom. The van der Waals surface area contributed by atoms with Crippen molar-refractivity contribution < 1.29 is 33.8 Å². The summed E-state index contributed by atoms with van der Waals surface area (Å²) in [5.74, 6) is -1.41. The molecule has 3 atom stereocenters. The Morgan fingerprint density at radius 1 is 0.936 bits per heavy atom. The number of esters is 1. The Hall–Kier alpha value is -5.03. The third-order valence-corrected chi connectivity index (χ3v) is 8.74. The van der Waals surface area contributed by atoms with Gasteiger partial charge >= 0.3 is 12.1 Å². The molecule has 2 heterocycles. The molecule has 0 spiro atoms. The van der Waals surface area contributed by atoms with E-state index in [1.165, 1.54) is 40.9 Å². The molecular weight excluding hydrogens is 618 g/mol. The second-order valence-electron chi connectivity index (χ2n) is 12.0. The van der Waals surface area contributed by atoms with Crippen molar-refractivity contribution in [1.82, 2.24) is 15.5 Å². The number of β-lactam (4-membered cyclic amide) rings is 1. The highest BCUT2D eigenvalue weighted by Crippen LogP contribution is 2.42. The zero-order valence-electron chi connectivity index (χ0n) is 26.5. The van der Waals surface area contributed by atoms with E-state index >= 15 is 0 Å². The molecule has 3 amide bonds. The largest absolute Gasteiger partial charge is 0.508 e. The van der Waals surface area contributed by atoms with Gasteiger partial charge in [-0.2, -0.15) is 0 Å². The zero-order chi connectivity index (χ0) is 33.7. The van der Waals surface area contributed by atoms with E-state index in [1.54, 1.807) is 32.9 Å². The third-order valence-electron chi connectivity index (χ3n) is 7.44. The minimum atomic E-state index is -1.23. The molecule has 0 radical (unpaired) electrons. The summed E-state index contributed by atoms with van der Waals surface area (Å²) in [6.45, 7) is 6.92. The van der Waals surface area contributed by atoms with E-state index in [0.717, 1.165) is 11.1 Å². The van der Waals surface area contributed by atoms with Crippen LogP contribution in [0.15, 0.2) is 108 Å². The van der Waals surface area contributed by atoms with E-state index in [1.807, 2.05) is 67.6 Å². The number of benzene rings is 3. The molecule has 1 unspecified atom stereocenters. The fraction of sp³-hybridized carbons (Fsp3) is 0.278. The number of hydrogen-bond acceptors (Lipinski definition) is 8. The Bertz CT molecular complexity index is 1650. The predicted octanol–water partition coefficient (Wildman–Crippen LogP) is 5.52. The van der Waals surface area contributed by atoms with Gasteiger partial charge in [-0.3, -0.25) is 14.5 Å². The number of alkyl carbamates (subject to hydrolysis) is 1. The number of aromatic hydroxyl groups is 1. The van der Waals surface area contributed by atoms with Crippen LogP contribution in [-0.4, -0.2) is 56.7 Å². The molecule has 0 aromatic heterocycles. The lowest BCUT2D eigenvalue weighted by molar-refractivity contribution is -0.154. The number of phenolic OH excluding ortho intramolecular Hbond substituents is 1. The monoisotopic (exact) mass is 655 g/mol. The molecule has 0 aliphatic carbocycles. The van der Waals surface area contributed by atoms with Gasteiger partial charge < -0.3 is 25.2 Å². The topological polar surface area (TPSA) is 134 Å². The van der Waals surface area contributed by atoms with Gasteiger partial charge in [-0.25, -0.2) is 9.59 Å². The molecule has 1 saturated heterocycles. The normalized spacial score (nSPS) is 18.3. The predicted molar refractivity (Wildman–Crippen MR) is 178 cm³/mol. The number of thioether (sulfide) groups is 1. The number of hydrogen-bond donors (Lipinski definition) is 3. The third kappa shape index (κ3) is 7.69. The van der Waals surface area contributed by atoms with Crippen LogP contribution in [0.4, 0.5) is 4.79 Å². The van der Waals surface area contributed by atoms with E-state index in [9.17, 15) is 24.3 Å². The maximum absolute atomic E-state index is 14.0. The second kappa shape index (κ2) is 14.2. The van der Waals surface area contributed by atoms with Crippen LogP contribution >= 0.6 is 11.8 Å². The van der Waals surface area contributed by atoms with Gasteiger partial charge in [0, 0.05) is 5.75 Å². The van der Waals surface area contributed by atoms with Crippen LogP contribution in [0.1, 0.15) is 56.5 Å². The maximum atomic E-state index is 14.0. The average Bonchev–Trinajstić information content (AvgIpc) is 3.05. The van der Waals surface area contributed by atoms with Crippen LogP contribution in [-0.2, 0) is 23.9 Å². The standard InChI is InChI=1S/C36H37N3O7S/c1-5-12-25-21-47-33-28(37-31(41)27(22-17-19-26(40)20-18-22)38-35(44)46-36(2,3)4)32(42)39(33)29(25)34(43)45-30(23-13-8-6-9-14-23)24-15-10-7-11-16-24/h5-20,27-28,30,33,40H,21H2,1-4H3,(H,37,41)(H,38,44)/b12-5-/t27-,28?,33-/m1/s1. The number of nitrogens with one attached hydrogen (secondary N) is 2. The van der Waals surface area contributed by atoms with Crippen molar-refractivity contribution in [3.8, 4) is 5.75 Å². The first-order valence-electron chi connectivity index (χ1n) is 15.2. The summed E-state index contributed by atoms with van der Waals surface area (Å²) in [6.07, 6.45) is 2.04. The molecule has 3 aromatic rings. The Labute approximate surface area is 277 Å². The van der Waals surface area contributed by atoms with Gasteiger partial charge in [0.25, 0.3) is 5.91 Å².